The van der Waals surface area contributed by atoms with Gasteiger partial charge in [-0.3, -0.25) is 10.4 Å². The second kappa shape index (κ2) is 6.38. The van der Waals surface area contributed by atoms with E-state index in [1.54, 1.807) is 11.8 Å². The van der Waals surface area contributed by atoms with E-state index < -0.39 is 0 Å². The van der Waals surface area contributed by atoms with Crippen molar-refractivity contribution in [2.45, 2.75) is 25.3 Å². The summed E-state index contributed by atoms with van der Waals surface area (Å²) in [6.07, 6.45) is 3.80. The number of benzene rings is 1. The minimum absolute atomic E-state index is 0. The molecule has 1 fully saturated rings. The molecule has 1 aliphatic carbocycles. The van der Waals surface area contributed by atoms with Crippen LogP contribution < -0.4 is 5.43 Å². The molecule has 18 heavy (non-hydrogen) atoms. The molecule has 3 nitrogen and oxygen atoms in total. The van der Waals surface area contributed by atoms with Gasteiger partial charge in [0, 0.05) is 5.75 Å². The van der Waals surface area contributed by atoms with Crippen LogP contribution in [0.2, 0.25) is 0 Å². The zero-order chi connectivity index (χ0) is 11.5. The van der Waals surface area contributed by atoms with Crippen LogP contribution in [-0.4, -0.2) is 22.7 Å². The third-order valence-corrected chi connectivity index (χ3v) is 4.00. The molecule has 0 aromatic heterocycles. The lowest BCUT2D eigenvalue weighted by Gasteiger charge is -2.23. The van der Waals surface area contributed by atoms with Crippen LogP contribution in [0.5, 0.6) is 0 Å². The quantitative estimate of drug-likeness (QED) is 0.906. The molecule has 1 aliphatic heterocycles. The van der Waals surface area contributed by atoms with Crippen molar-refractivity contribution in [3.05, 3.63) is 35.9 Å². The summed E-state index contributed by atoms with van der Waals surface area (Å²) in [6, 6.07) is 10.8. The topological polar surface area (TPSA) is 36.8 Å². The summed E-state index contributed by atoms with van der Waals surface area (Å²) in [5.41, 5.74) is 5.36. The van der Waals surface area contributed by atoms with Gasteiger partial charge in [0.1, 0.15) is 0 Å². The van der Waals surface area contributed by atoms with Crippen molar-refractivity contribution in [2.24, 2.45) is 10.1 Å². The maximum atomic E-state index is 4.63. The molecule has 0 unspecified atom stereocenters. The van der Waals surface area contributed by atoms with Gasteiger partial charge < -0.3 is 0 Å². The van der Waals surface area contributed by atoms with Crippen LogP contribution in [0.4, 0.5) is 0 Å². The number of aliphatic imine (C=N–C) groups is 1. The maximum absolute atomic E-state index is 4.63. The first-order valence-electron chi connectivity index (χ1n) is 6.00. The van der Waals surface area contributed by atoms with Crippen LogP contribution in [-0.2, 0) is 0 Å². The van der Waals surface area contributed by atoms with E-state index >= 15 is 0 Å². The van der Waals surface area contributed by atoms with E-state index in [4.69, 9.17) is 0 Å². The summed E-state index contributed by atoms with van der Waals surface area (Å²) < 4.78 is 0. The predicted molar refractivity (Wildman–Crippen MR) is 84.0 cm³/mol. The number of rotatable bonds is 2. The Morgan fingerprint density at radius 1 is 1.22 bits per heavy atom. The van der Waals surface area contributed by atoms with Crippen LogP contribution in [0.15, 0.2) is 40.4 Å². The minimum atomic E-state index is 0. The van der Waals surface area contributed by atoms with Crippen molar-refractivity contribution in [1.29, 1.82) is 0 Å². The van der Waals surface area contributed by atoms with Gasteiger partial charge in [0.2, 0.25) is 0 Å². The molecule has 0 bridgehead atoms. The van der Waals surface area contributed by atoms with Crippen molar-refractivity contribution in [2.75, 3.05) is 5.75 Å². The summed E-state index contributed by atoms with van der Waals surface area (Å²) >= 11 is 1.75. The molecule has 1 aromatic rings. The zero-order valence-electron chi connectivity index (χ0n) is 10.0. The second-order valence-electron chi connectivity index (χ2n) is 4.34. The highest BCUT2D eigenvalue weighted by molar-refractivity contribution is 8.93. The lowest BCUT2D eigenvalue weighted by atomic mass is 9.94. The molecule has 0 saturated heterocycles. The Bertz CT molecular complexity index is 455. The number of nitrogens with one attached hydrogen (secondary N) is 1. The first-order valence-corrected chi connectivity index (χ1v) is 6.99. The van der Waals surface area contributed by atoms with Crippen molar-refractivity contribution in [3.63, 3.8) is 0 Å². The predicted octanol–water partition coefficient (Wildman–Crippen LogP) is 3.21. The summed E-state index contributed by atoms with van der Waals surface area (Å²) in [4.78, 5) is 4.63. The van der Waals surface area contributed by atoms with E-state index in [-0.39, 0.29) is 17.0 Å². The van der Waals surface area contributed by atoms with E-state index in [0.717, 1.165) is 16.6 Å². The highest BCUT2D eigenvalue weighted by Gasteiger charge is 2.19. The third kappa shape index (κ3) is 3.14. The van der Waals surface area contributed by atoms with Crippen LogP contribution in [0.1, 0.15) is 24.8 Å². The Balaban J connectivity index is 0.00000120. The van der Waals surface area contributed by atoms with Gasteiger partial charge in [-0.2, -0.15) is 5.10 Å². The van der Waals surface area contributed by atoms with Crippen LogP contribution in [0, 0.1) is 0 Å². The second-order valence-corrected chi connectivity index (χ2v) is 5.31. The van der Waals surface area contributed by atoms with Gasteiger partial charge in [0.25, 0.3) is 0 Å². The number of thioether (sulfide) groups is 1. The number of amidine groups is 1. The summed E-state index contributed by atoms with van der Waals surface area (Å²) in [7, 11) is 0. The highest BCUT2D eigenvalue weighted by atomic mass is 79.9. The van der Waals surface area contributed by atoms with Gasteiger partial charge in [0.05, 0.1) is 11.8 Å². The van der Waals surface area contributed by atoms with E-state index in [0.29, 0.717) is 6.04 Å². The number of hydrazone groups is 1. The monoisotopic (exact) mass is 325 g/mol. The summed E-state index contributed by atoms with van der Waals surface area (Å²) in [5, 5.41) is 5.39. The Morgan fingerprint density at radius 2 is 2.00 bits per heavy atom. The summed E-state index contributed by atoms with van der Waals surface area (Å²) in [5.74, 6) is 0.905. The SMILES string of the molecule is Br.c1ccc(C2=NNC(=NC3CCC3)SC2)cc1. The molecule has 0 spiro atoms. The molecule has 0 amide bonds. The molecule has 0 radical (unpaired) electrons. The number of hydrogen-bond acceptors (Lipinski definition) is 3. The molecule has 1 N–H and O–H groups in total. The molecule has 0 atom stereocenters. The number of nitrogens with zero attached hydrogens (tertiary/aromatic N) is 2. The Hall–Kier alpha value is -0.810. The Morgan fingerprint density at radius 3 is 2.56 bits per heavy atom. The fourth-order valence-electron chi connectivity index (χ4n) is 1.84. The maximum Gasteiger partial charge on any atom is 0.177 e. The van der Waals surface area contributed by atoms with Crippen LogP contribution >= 0.6 is 28.7 Å². The van der Waals surface area contributed by atoms with E-state index in [2.05, 4.69) is 27.7 Å². The van der Waals surface area contributed by atoms with Gasteiger partial charge >= 0.3 is 0 Å². The smallest absolute Gasteiger partial charge is 0.177 e. The van der Waals surface area contributed by atoms with Crippen LogP contribution in [0.3, 0.4) is 0 Å². The normalized spacial score (nSPS) is 21.6. The molecule has 2 aliphatic rings. The zero-order valence-corrected chi connectivity index (χ0v) is 12.5. The Labute approximate surface area is 122 Å². The molecule has 1 aromatic carbocycles. The van der Waals surface area contributed by atoms with Crippen molar-refractivity contribution in [1.82, 2.24) is 5.43 Å². The van der Waals surface area contributed by atoms with Gasteiger partial charge in [0.15, 0.2) is 5.17 Å². The molecule has 96 valence electrons. The fourth-order valence-corrected chi connectivity index (χ4v) is 2.68. The minimum Gasteiger partial charge on any atom is -0.258 e. The average molecular weight is 326 g/mol. The summed E-state index contributed by atoms with van der Waals surface area (Å²) in [6.45, 7) is 0. The largest absolute Gasteiger partial charge is 0.258 e. The number of hydrogen-bond donors (Lipinski definition) is 1. The first kappa shape index (κ1) is 13.6. The van der Waals surface area contributed by atoms with Gasteiger partial charge in [-0.15, -0.1) is 17.0 Å². The van der Waals surface area contributed by atoms with Crippen molar-refractivity contribution >= 4 is 39.6 Å². The average Bonchev–Trinajstić information content (AvgIpc) is 2.36. The standard InChI is InChI=1S/C13H15N3S.BrH/c1-2-5-10(6-3-1)12-9-17-13(16-15-12)14-11-7-4-8-11;/h1-3,5-6,11H,4,7-9H2,(H,14,16);1H. The molecular weight excluding hydrogens is 310 g/mol. The Kier molecular flexibility index (Phi) is 4.83. The van der Waals surface area contributed by atoms with E-state index in [1.165, 1.54) is 24.8 Å². The van der Waals surface area contributed by atoms with Crippen LogP contribution in [0.25, 0.3) is 0 Å². The molecule has 1 saturated carbocycles. The lowest BCUT2D eigenvalue weighted by molar-refractivity contribution is 0.420. The molecule has 5 heteroatoms. The van der Waals surface area contributed by atoms with E-state index in [1.807, 2.05) is 18.2 Å². The van der Waals surface area contributed by atoms with Gasteiger partial charge in [-0.1, -0.05) is 42.1 Å². The molecule has 3 rings (SSSR count). The van der Waals surface area contributed by atoms with Gasteiger partial charge in [-0.05, 0) is 24.8 Å². The molecule has 1 heterocycles. The van der Waals surface area contributed by atoms with Gasteiger partial charge in [-0.25, -0.2) is 0 Å². The van der Waals surface area contributed by atoms with E-state index in [9.17, 15) is 0 Å². The van der Waals surface area contributed by atoms with Crippen molar-refractivity contribution < 1.29 is 0 Å². The third-order valence-electron chi connectivity index (χ3n) is 3.11. The highest BCUT2D eigenvalue weighted by Crippen LogP contribution is 2.24. The lowest BCUT2D eigenvalue weighted by Crippen LogP contribution is -2.28. The first-order chi connectivity index (χ1) is 8.42. The molecular formula is C13H16BrN3S. The number of halogens is 1. The fraction of sp³-hybridized carbons (Fsp3) is 0.385. The van der Waals surface area contributed by atoms with Crippen molar-refractivity contribution in [3.8, 4) is 0 Å².